The molecule has 6 nitrogen and oxygen atoms in total. The number of benzene rings is 1. The number of rotatable bonds is 5. The molecule has 138 valence electrons. The van der Waals surface area contributed by atoms with Crippen LogP contribution >= 0.6 is 11.3 Å². The molecule has 2 aromatic heterocycles. The maximum atomic E-state index is 12.7. The molecular weight excluding hydrogens is 358 g/mol. The van der Waals surface area contributed by atoms with Crippen molar-refractivity contribution in [2.45, 2.75) is 19.0 Å². The van der Waals surface area contributed by atoms with Gasteiger partial charge in [-0.3, -0.25) is 9.69 Å². The van der Waals surface area contributed by atoms with Gasteiger partial charge in [-0.05, 0) is 23.4 Å². The highest BCUT2D eigenvalue weighted by atomic mass is 32.1. The average molecular weight is 379 g/mol. The number of aromatic nitrogens is 2. The average Bonchev–Trinajstić information content (AvgIpc) is 3.35. The van der Waals surface area contributed by atoms with Gasteiger partial charge in [-0.15, -0.1) is 0 Å². The SMILES string of the molecule is Nc1ncc(-c2ccsc2)nc1C(=O)N[C@H]1CCN(Cc2ccccc2)C1. The number of thiophene rings is 1. The number of amides is 1. The second-order valence-corrected chi connectivity index (χ2v) is 7.46. The van der Waals surface area contributed by atoms with E-state index < -0.39 is 0 Å². The van der Waals surface area contributed by atoms with Crippen LogP contribution in [0.2, 0.25) is 0 Å². The Morgan fingerprint density at radius 2 is 2.15 bits per heavy atom. The minimum Gasteiger partial charge on any atom is -0.382 e. The second kappa shape index (κ2) is 7.85. The van der Waals surface area contributed by atoms with Gasteiger partial charge in [0.15, 0.2) is 11.5 Å². The van der Waals surface area contributed by atoms with Crippen LogP contribution < -0.4 is 11.1 Å². The lowest BCUT2D eigenvalue weighted by Gasteiger charge is -2.17. The first-order valence-corrected chi connectivity index (χ1v) is 9.85. The Hall–Kier alpha value is -2.77. The standard InChI is InChI=1S/C20H21N5OS/c21-19-18(24-17(10-22-19)15-7-9-27-13-15)20(26)23-16-6-8-25(12-16)11-14-4-2-1-3-5-14/h1-5,7,9-10,13,16H,6,8,11-12H2,(H2,21,22)(H,23,26)/t16-/m0/s1. The zero-order chi connectivity index (χ0) is 18.6. The molecule has 1 fully saturated rings. The molecule has 0 radical (unpaired) electrons. The van der Waals surface area contributed by atoms with E-state index in [-0.39, 0.29) is 23.5 Å². The summed E-state index contributed by atoms with van der Waals surface area (Å²) in [5.74, 6) is -0.103. The predicted octanol–water partition coefficient (Wildman–Crippen LogP) is 2.79. The molecule has 1 aromatic carbocycles. The molecule has 3 heterocycles. The number of nitrogen functional groups attached to an aromatic ring is 1. The Kier molecular flexibility index (Phi) is 5.13. The van der Waals surface area contributed by atoms with Crippen molar-refractivity contribution in [1.29, 1.82) is 0 Å². The summed E-state index contributed by atoms with van der Waals surface area (Å²) < 4.78 is 0. The highest BCUT2D eigenvalue weighted by Crippen LogP contribution is 2.21. The van der Waals surface area contributed by atoms with E-state index in [1.807, 2.05) is 35.0 Å². The van der Waals surface area contributed by atoms with Crippen molar-refractivity contribution in [2.75, 3.05) is 18.8 Å². The monoisotopic (exact) mass is 379 g/mol. The summed E-state index contributed by atoms with van der Waals surface area (Å²) >= 11 is 1.57. The summed E-state index contributed by atoms with van der Waals surface area (Å²) in [5.41, 5.74) is 8.98. The minimum atomic E-state index is -0.261. The summed E-state index contributed by atoms with van der Waals surface area (Å²) in [6, 6.07) is 12.4. The number of nitrogens with zero attached hydrogens (tertiary/aromatic N) is 3. The van der Waals surface area contributed by atoms with E-state index in [0.717, 1.165) is 31.6 Å². The first-order chi connectivity index (χ1) is 13.2. The van der Waals surface area contributed by atoms with Crippen LogP contribution in [0.3, 0.4) is 0 Å². The van der Waals surface area contributed by atoms with Gasteiger partial charge in [-0.2, -0.15) is 11.3 Å². The quantitative estimate of drug-likeness (QED) is 0.712. The van der Waals surface area contributed by atoms with Gasteiger partial charge in [0.25, 0.3) is 5.91 Å². The smallest absolute Gasteiger partial charge is 0.274 e. The van der Waals surface area contributed by atoms with E-state index >= 15 is 0 Å². The summed E-state index contributed by atoms with van der Waals surface area (Å²) in [6.45, 7) is 2.66. The number of hydrogen-bond acceptors (Lipinski definition) is 6. The van der Waals surface area contributed by atoms with Gasteiger partial charge in [0.2, 0.25) is 0 Å². The number of carbonyl (C=O) groups is 1. The van der Waals surface area contributed by atoms with Crippen molar-refractivity contribution in [3.05, 3.63) is 64.6 Å². The largest absolute Gasteiger partial charge is 0.382 e. The van der Waals surface area contributed by atoms with E-state index in [4.69, 9.17) is 5.73 Å². The Balaban J connectivity index is 1.40. The molecule has 1 saturated heterocycles. The van der Waals surface area contributed by atoms with Crippen molar-refractivity contribution >= 4 is 23.1 Å². The maximum absolute atomic E-state index is 12.7. The Morgan fingerprint density at radius 3 is 2.93 bits per heavy atom. The molecule has 0 unspecified atom stereocenters. The molecule has 7 heteroatoms. The van der Waals surface area contributed by atoms with Gasteiger partial charge >= 0.3 is 0 Å². The third kappa shape index (κ3) is 4.15. The first-order valence-electron chi connectivity index (χ1n) is 8.91. The van der Waals surface area contributed by atoms with Gasteiger partial charge in [0.1, 0.15) is 0 Å². The van der Waals surface area contributed by atoms with Crippen molar-refractivity contribution in [2.24, 2.45) is 0 Å². The fourth-order valence-electron chi connectivity index (χ4n) is 3.30. The molecule has 1 aliphatic rings. The van der Waals surface area contributed by atoms with E-state index in [9.17, 15) is 4.79 Å². The second-order valence-electron chi connectivity index (χ2n) is 6.68. The maximum Gasteiger partial charge on any atom is 0.274 e. The summed E-state index contributed by atoms with van der Waals surface area (Å²) in [7, 11) is 0. The minimum absolute atomic E-state index is 0.0900. The molecule has 1 atom stereocenters. The number of carbonyl (C=O) groups excluding carboxylic acids is 1. The van der Waals surface area contributed by atoms with Gasteiger partial charge in [0.05, 0.1) is 11.9 Å². The number of nitrogens with two attached hydrogens (primary N) is 1. The van der Waals surface area contributed by atoms with Gasteiger partial charge in [-0.1, -0.05) is 30.3 Å². The molecule has 0 aliphatic carbocycles. The lowest BCUT2D eigenvalue weighted by molar-refractivity contribution is 0.0933. The molecule has 3 N–H and O–H groups in total. The van der Waals surface area contributed by atoms with Crippen molar-refractivity contribution in [3.8, 4) is 11.3 Å². The van der Waals surface area contributed by atoms with Crippen LogP contribution in [0, 0.1) is 0 Å². The summed E-state index contributed by atoms with van der Waals surface area (Å²) in [4.78, 5) is 23.6. The Morgan fingerprint density at radius 1 is 1.30 bits per heavy atom. The van der Waals surface area contributed by atoms with E-state index in [2.05, 4.69) is 32.3 Å². The van der Waals surface area contributed by atoms with Crippen LogP contribution in [-0.4, -0.2) is 39.9 Å². The van der Waals surface area contributed by atoms with Crippen LogP contribution in [0.1, 0.15) is 22.5 Å². The van der Waals surface area contributed by atoms with Gasteiger partial charge in [0, 0.05) is 36.6 Å². The Labute approximate surface area is 162 Å². The summed E-state index contributed by atoms with van der Waals surface area (Å²) in [5, 5.41) is 7.00. The zero-order valence-corrected chi connectivity index (χ0v) is 15.7. The topological polar surface area (TPSA) is 84.1 Å². The van der Waals surface area contributed by atoms with Gasteiger partial charge in [-0.25, -0.2) is 9.97 Å². The lowest BCUT2D eigenvalue weighted by atomic mass is 10.2. The molecular formula is C20H21N5OS. The number of hydrogen-bond donors (Lipinski definition) is 2. The fourth-order valence-corrected chi connectivity index (χ4v) is 3.95. The number of nitrogens with one attached hydrogen (secondary N) is 1. The van der Waals surface area contributed by atoms with Crippen LogP contribution in [0.25, 0.3) is 11.3 Å². The lowest BCUT2D eigenvalue weighted by Crippen LogP contribution is -2.37. The molecule has 0 bridgehead atoms. The molecule has 0 saturated carbocycles. The molecule has 27 heavy (non-hydrogen) atoms. The molecule has 1 amide bonds. The van der Waals surface area contributed by atoms with E-state index in [1.165, 1.54) is 5.56 Å². The zero-order valence-electron chi connectivity index (χ0n) is 14.8. The predicted molar refractivity (Wildman–Crippen MR) is 107 cm³/mol. The van der Waals surface area contributed by atoms with Crippen molar-refractivity contribution in [3.63, 3.8) is 0 Å². The van der Waals surface area contributed by atoms with Crippen LogP contribution in [0.15, 0.2) is 53.4 Å². The fraction of sp³-hybridized carbons (Fsp3) is 0.250. The van der Waals surface area contributed by atoms with E-state index in [0.29, 0.717) is 5.69 Å². The molecule has 4 rings (SSSR count). The molecule has 0 spiro atoms. The van der Waals surface area contributed by atoms with Crippen LogP contribution in [-0.2, 0) is 6.54 Å². The first kappa shape index (κ1) is 17.6. The normalized spacial score (nSPS) is 17.1. The van der Waals surface area contributed by atoms with Gasteiger partial charge < -0.3 is 11.1 Å². The van der Waals surface area contributed by atoms with Crippen LogP contribution in [0.5, 0.6) is 0 Å². The highest BCUT2D eigenvalue weighted by molar-refractivity contribution is 7.08. The third-order valence-electron chi connectivity index (χ3n) is 4.69. The Bertz CT molecular complexity index is 913. The number of anilines is 1. The summed E-state index contributed by atoms with van der Waals surface area (Å²) in [6.07, 6.45) is 2.52. The molecule has 1 aliphatic heterocycles. The highest BCUT2D eigenvalue weighted by Gasteiger charge is 2.25. The van der Waals surface area contributed by atoms with Crippen LogP contribution in [0.4, 0.5) is 5.82 Å². The van der Waals surface area contributed by atoms with Crippen molar-refractivity contribution in [1.82, 2.24) is 20.2 Å². The molecule has 3 aromatic rings. The number of likely N-dealkylation sites (tertiary alicyclic amines) is 1. The van der Waals surface area contributed by atoms with E-state index in [1.54, 1.807) is 17.5 Å². The third-order valence-corrected chi connectivity index (χ3v) is 5.37. The van der Waals surface area contributed by atoms with Crippen molar-refractivity contribution < 1.29 is 4.79 Å².